The summed E-state index contributed by atoms with van der Waals surface area (Å²) in [6.07, 6.45) is 0.936. The average Bonchev–Trinajstić information content (AvgIpc) is 2.12. The van der Waals surface area contributed by atoms with Gasteiger partial charge in [0, 0.05) is 12.3 Å². The summed E-state index contributed by atoms with van der Waals surface area (Å²) in [5, 5.41) is 8.68. The van der Waals surface area contributed by atoms with E-state index in [1.54, 1.807) is 0 Å². The van der Waals surface area contributed by atoms with E-state index in [0.717, 1.165) is 6.26 Å². The smallest absolute Gasteiger partial charge is 0.307 e. The summed E-state index contributed by atoms with van der Waals surface area (Å²) in [7, 11) is -7.15. The van der Waals surface area contributed by atoms with Gasteiger partial charge in [0.15, 0.2) is 0 Å². The largest absolute Gasteiger partial charge is 0.481 e. The Balaban J connectivity index is 4.51. The van der Waals surface area contributed by atoms with Crippen LogP contribution in [-0.4, -0.2) is 51.7 Å². The number of rotatable bonds is 7. The SMILES string of the molecule is CC(NS(=O)(=O)CCS(C)(=O)=O)C(C)C(=O)O. The molecule has 0 aliphatic heterocycles. The first-order valence-corrected chi connectivity index (χ1v) is 8.56. The van der Waals surface area contributed by atoms with E-state index in [2.05, 4.69) is 4.72 Å². The molecule has 0 heterocycles. The second kappa shape index (κ2) is 5.78. The number of hydrogen-bond acceptors (Lipinski definition) is 5. The molecule has 17 heavy (non-hydrogen) atoms. The van der Waals surface area contributed by atoms with Gasteiger partial charge < -0.3 is 5.11 Å². The molecule has 0 amide bonds. The summed E-state index contributed by atoms with van der Waals surface area (Å²) in [6.45, 7) is 2.78. The number of carboxylic acids is 1. The number of sulfonamides is 1. The summed E-state index contributed by atoms with van der Waals surface area (Å²) in [5.74, 6) is -3.06. The molecule has 0 saturated carbocycles. The van der Waals surface area contributed by atoms with Crippen LogP contribution in [0.1, 0.15) is 13.8 Å². The van der Waals surface area contributed by atoms with E-state index >= 15 is 0 Å². The fourth-order valence-corrected chi connectivity index (χ4v) is 3.90. The Labute approximate surface area is 101 Å². The Morgan fingerprint density at radius 2 is 1.65 bits per heavy atom. The van der Waals surface area contributed by atoms with Crippen LogP contribution in [0, 0.1) is 5.92 Å². The van der Waals surface area contributed by atoms with Crippen LogP contribution < -0.4 is 4.72 Å². The molecule has 7 nitrogen and oxygen atoms in total. The average molecular weight is 287 g/mol. The van der Waals surface area contributed by atoms with Gasteiger partial charge in [-0.05, 0) is 6.92 Å². The lowest BCUT2D eigenvalue weighted by atomic mass is 10.1. The lowest BCUT2D eigenvalue weighted by Gasteiger charge is -2.17. The Morgan fingerprint density at radius 3 is 2.00 bits per heavy atom. The van der Waals surface area contributed by atoms with Gasteiger partial charge in [-0.3, -0.25) is 4.79 Å². The normalized spacial score (nSPS) is 16.4. The van der Waals surface area contributed by atoms with Gasteiger partial charge in [0.25, 0.3) is 0 Å². The Kier molecular flexibility index (Phi) is 5.56. The standard InChI is InChI=1S/C8H17NO6S2/c1-6(8(10)11)7(2)9-17(14,15)5-4-16(3,12)13/h6-7,9H,4-5H2,1-3H3,(H,10,11). The highest BCUT2D eigenvalue weighted by Gasteiger charge is 2.24. The van der Waals surface area contributed by atoms with Gasteiger partial charge >= 0.3 is 5.97 Å². The molecule has 0 spiro atoms. The van der Waals surface area contributed by atoms with E-state index in [1.165, 1.54) is 13.8 Å². The van der Waals surface area contributed by atoms with E-state index < -0.39 is 49.3 Å². The van der Waals surface area contributed by atoms with Crippen LogP contribution in [0.25, 0.3) is 0 Å². The highest BCUT2D eigenvalue weighted by molar-refractivity contribution is 7.93. The molecule has 0 aromatic rings. The summed E-state index contributed by atoms with van der Waals surface area (Å²) in [6, 6.07) is -0.794. The number of carboxylic acid groups (broad SMARTS) is 1. The van der Waals surface area contributed by atoms with Crippen molar-refractivity contribution in [1.82, 2.24) is 4.72 Å². The quantitative estimate of drug-likeness (QED) is 0.624. The zero-order valence-electron chi connectivity index (χ0n) is 9.87. The maximum atomic E-state index is 11.4. The zero-order chi connectivity index (χ0) is 13.9. The van der Waals surface area contributed by atoms with Crippen molar-refractivity contribution >= 4 is 25.8 Å². The topological polar surface area (TPSA) is 118 Å². The van der Waals surface area contributed by atoms with Crippen molar-refractivity contribution in [3.05, 3.63) is 0 Å². The third kappa shape index (κ3) is 7.29. The molecule has 9 heteroatoms. The van der Waals surface area contributed by atoms with E-state index in [9.17, 15) is 21.6 Å². The number of nitrogens with one attached hydrogen (secondary N) is 1. The summed E-state index contributed by atoms with van der Waals surface area (Å²) < 4.78 is 46.7. The van der Waals surface area contributed by atoms with Crippen LogP contribution in [0.5, 0.6) is 0 Å². The maximum absolute atomic E-state index is 11.4. The van der Waals surface area contributed by atoms with Crippen molar-refractivity contribution in [3.8, 4) is 0 Å². The van der Waals surface area contributed by atoms with E-state index in [1.807, 2.05) is 0 Å². The predicted molar refractivity (Wildman–Crippen MR) is 62.9 cm³/mol. The first-order valence-electron chi connectivity index (χ1n) is 4.85. The number of hydrogen-bond donors (Lipinski definition) is 2. The van der Waals surface area contributed by atoms with Gasteiger partial charge in [-0.1, -0.05) is 6.92 Å². The predicted octanol–water partition coefficient (Wildman–Crippen LogP) is -0.940. The van der Waals surface area contributed by atoms with Crippen LogP contribution >= 0.6 is 0 Å². The van der Waals surface area contributed by atoms with Crippen molar-refractivity contribution in [1.29, 1.82) is 0 Å². The first kappa shape index (κ1) is 16.3. The summed E-state index contributed by atoms with van der Waals surface area (Å²) in [4.78, 5) is 10.6. The molecule has 0 fully saturated rings. The molecule has 102 valence electrons. The molecule has 0 aliphatic carbocycles. The summed E-state index contributed by atoms with van der Waals surface area (Å²) in [5.41, 5.74) is 0. The van der Waals surface area contributed by atoms with Crippen LogP contribution in [-0.2, 0) is 24.7 Å². The summed E-state index contributed by atoms with van der Waals surface area (Å²) >= 11 is 0. The van der Waals surface area contributed by atoms with Crippen molar-refractivity contribution in [2.45, 2.75) is 19.9 Å². The molecular weight excluding hydrogens is 270 g/mol. The van der Waals surface area contributed by atoms with Crippen molar-refractivity contribution in [2.24, 2.45) is 5.92 Å². The fraction of sp³-hybridized carbons (Fsp3) is 0.875. The molecular formula is C8H17NO6S2. The molecule has 0 radical (unpaired) electrons. The molecule has 0 rings (SSSR count). The fourth-order valence-electron chi connectivity index (χ4n) is 0.919. The zero-order valence-corrected chi connectivity index (χ0v) is 11.5. The molecule has 0 aliphatic rings. The Bertz CT molecular complexity index is 466. The number of aliphatic carboxylic acids is 1. The first-order chi connectivity index (χ1) is 7.44. The third-order valence-electron chi connectivity index (χ3n) is 2.23. The maximum Gasteiger partial charge on any atom is 0.307 e. The molecule has 0 aromatic heterocycles. The molecule has 0 aromatic carbocycles. The number of sulfone groups is 1. The minimum Gasteiger partial charge on any atom is -0.481 e. The van der Waals surface area contributed by atoms with E-state index in [-0.39, 0.29) is 0 Å². The van der Waals surface area contributed by atoms with Crippen LogP contribution in [0.15, 0.2) is 0 Å². The van der Waals surface area contributed by atoms with Gasteiger partial charge in [0.1, 0.15) is 9.84 Å². The second-order valence-corrected chi connectivity index (χ2v) is 8.12. The van der Waals surface area contributed by atoms with Crippen LogP contribution in [0.2, 0.25) is 0 Å². The minimum absolute atomic E-state index is 0.490. The minimum atomic E-state index is -3.79. The molecule has 0 saturated heterocycles. The highest BCUT2D eigenvalue weighted by atomic mass is 32.2. The monoisotopic (exact) mass is 287 g/mol. The molecule has 2 atom stereocenters. The molecule has 2 N–H and O–H groups in total. The van der Waals surface area contributed by atoms with E-state index in [0.29, 0.717) is 0 Å². The molecule has 0 bridgehead atoms. The van der Waals surface area contributed by atoms with Gasteiger partial charge in [0.2, 0.25) is 10.0 Å². The lowest BCUT2D eigenvalue weighted by Crippen LogP contribution is -2.41. The third-order valence-corrected chi connectivity index (χ3v) is 4.90. The van der Waals surface area contributed by atoms with Crippen molar-refractivity contribution < 1.29 is 26.7 Å². The number of carbonyl (C=O) groups is 1. The highest BCUT2D eigenvalue weighted by Crippen LogP contribution is 2.04. The van der Waals surface area contributed by atoms with Gasteiger partial charge in [0.05, 0.1) is 17.4 Å². The Morgan fingerprint density at radius 1 is 1.18 bits per heavy atom. The van der Waals surface area contributed by atoms with Gasteiger partial charge in [-0.15, -0.1) is 0 Å². The van der Waals surface area contributed by atoms with Gasteiger partial charge in [-0.2, -0.15) is 0 Å². The van der Waals surface area contributed by atoms with Crippen LogP contribution in [0.3, 0.4) is 0 Å². The van der Waals surface area contributed by atoms with Crippen molar-refractivity contribution in [2.75, 3.05) is 17.8 Å². The second-order valence-electron chi connectivity index (χ2n) is 3.98. The van der Waals surface area contributed by atoms with Crippen LogP contribution in [0.4, 0.5) is 0 Å². The van der Waals surface area contributed by atoms with E-state index in [4.69, 9.17) is 5.11 Å². The van der Waals surface area contributed by atoms with Crippen molar-refractivity contribution in [3.63, 3.8) is 0 Å². The lowest BCUT2D eigenvalue weighted by molar-refractivity contribution is -0.141. The molecule has 2 unspecified atom stereocenters. The van der Waals surface area contributed by atoms with Gasteiger partial charge in [-0.25, -0.2) is 21.6 Å². The Hall–Kier alpha value is -0.670.